The van der Waals surface area contributed by atoms with Crippen molar-refractivity contribution in [1.29, 1.82) is 0 Å². The Balaban J connectivity index is 1.70. The Labute approximate surface area is 138 Å². The van der Waals surface area contributed by atoms with Gasteiger partial charge in [0.25, 0.3) is 0 Å². The van der Waals surface area contributed by atoms with Gasteiger partial charge in [-0.3, -0.25) is 4.98 Å². The molecule has 22 heavy (non-hydrogen) atoms. The lowest BCUT2D eigenvalue weighted by Crippen LogP contribution is -2.34. The fourth-order valence-electron chi connectivity index (χ4n) is 2.35. The molecule has 1 atom stereocenters. The summed E-state index contributed by atoms with van der Waals surface area (Å²) < 4.78 is 0. The highest BCUT2D eigenvalue weighted by Crippen LogP contribution is 2.37. The molecule has 1 saturated heterocycles. The molecule has 2 amide bonds. The number of pyridine rings is 1. The third-order valence-electron chi connectivity index (χ3n) is 3.48. The maximum absolute atomic E-state index is 12.5. The van der Waals surface area contributed by atoms with Gasteiger partial charge in [0.1, 0.15) is 5.37 Å². The van der Waals surface area contributed by atoms with Gasteiger partial charge in [-0.05, 0) is 48.2 Å². The van der Waals surface area contributed by atoms with Crippen LogP contribution in [0.15, 0.2) is 53.7 Å². The SMILES string of the molecule is CSc1ccc(NC(=O)N2CCSC2c2ccncc2)cc1. The lowest BCUT2D eigenvalue weighted by molar-refractivity contribution is 0.214. The van der Waals surface area contributed by atoms with Gasteiger partial charge in [-0.1, -0.05) is 0 Å². The number of carbonyl (C=O) groups is 1. The van der Waals surface area contributed by atoms with Gasteiger partial charge < -0.3 is 10.2 Å². The molecule has 6 heteroatoms. The van der Waals surface area contributed by atoms with Crippen molar-refractivity contribution in [3.05, 3.63) is 54.4 Å². The van der Waals surface area contributed by atoms with Gasteiger partial charge in [0.15, 0.2) is 0 Å². The second-order valence-electron chi connectivity index (χ2n) is 4.86. The molecular formula is C16H17N3OS2. The van der Waals surface area contributed by atoms with Gasteiger partial charge in [0.05, 0.1) is 0 Å². The van der Waals surface area contributed by atoms with Crippen molar-refractivity contribution in [2.24, 2.45) is 0 Å². The molecule has 0 saturated carbocycles. The quantitative estimate of drug-likeness (QED) is 0.861. The van der Waals surface area contributed by atoms with Crippen LogP contribution in [0, 0.1) is 0 Å². The summed E-state index contributed by atoms with van der Waals surface area (Å²) in [5.41, 5.74) is 1.94. The summed E-state index contributed by atoms with van der Waals surface area (Å²) in [6, 6.07) is 11.8. The Bertz CT molecular complexity index is 634. The topological polar surface area (TPSA) is 45.2 Å². The zero-order valence-electron chi connectivity index (χ0n) is 12.2. The molecule has 1 N–H and O–H groups in total. The van der Waals surface area contributed by atoms with Gasteiger partial charge in [-0.15, -0.1) is 23.5 Å². The Morgan fingerprint density at radius 3 is 2.68 bits per heavy atom. The summed E-state index contributed by atoms with van der Waals surface area (Å²) >= 11 is 3.47. The third-order valence-corrected chi connectivity index (χ3v) is 5.49. The van der Waals surface area contributed by atoms with E-state index in [0.29, 0.717) is 0 Å². The highest BCUT2D eigenvalue weighted by molar-refractivity contribution is 7.99. The zero-order chi connectivity index (χ0) is 15.4. The molecule has 0 radical (unpaired) electrons. The first-order chi connectivity index (χ1) is 10.8. The van der Waals surface area contributed by atoms with Crippen molar-refractivity contribution in [2.45, 2.75) is 10.3 Å². The number of amides is 2. The summed E-state index contributed by atoms with van der Waals surface area (Å²) in [6.45, 7) is 0.756. The Hall–Kier alpha value is -1.66. The van der Waals surface area contributed by atoms with Crippen LogP contribution in [-0.4, -0.2) is 34.5 Å². The number of thioether (sulfide) groups is 2. The van der Waals surface area contributed by atoms with Crippen molar-refractivity contribution in [2.75, 3.05) is 23.9 Å². The molecule has 1 aliphatic heterocycles. The summed E-state index contributed by atoms with van der Waals surface area (Å²) in [5, 5.41) is 3.05. The van der Waals surface area contributed by atoms with Crippen molar-refractivity contribution in [1.82, 2.24) is 9.88 Å². The number of hydrogen-bond acceptors (Lipinski definition) is 4. The van der Waals surface area contributed by atoms with E-state index in [1.165, 1.54) is 4.90 Å². The second-order valence-corrected chi connectivity index (χ2v) is 6.92. The molecule has 2 heterocycles. The molecule has 1 aromatic heterocycles. The van der Waals surface area contributed by atoms with Crippen LogP contribution < -0.4 is 5.32 Å². The van der Waals surface area contributed by atoms with Crippen molar-refractivity contribution < 1.29 is 4.79 Å². The molecule has 1 unspecified atom stereocenters. The number of nitrogens with zero attached hydrogens (tertiary/aromatic N) is 2. The van der Waals surface area contributed by atoms with E-state index in [-0.39, 0.29) is 11.4 Å². The van der Waals surface area contributed by atoms with Gasteiger partial charge in [-0.25, -0.2) is 4.79 Å². The number of aromatic nitrogens is 1. The van der Waals surface area contributed by atoms with Crippen LogP contribution in [0.2, 0.25) is 0 Å². The molecule has 1 aliphatic rings. The number of urea groups is 1. The zero-order valence-corrected chi connectivity index (χ0v) is 13.9. The molecule has 1 aromatic carbocycles. The average molecular weight is 331 g/mol. The first-order valence-corrected chi connectivity index (χ1v) is 9.28. The molecule has 3 rings (SSSR count). The fourth-order valence-corrected chi connectivity index (χ4v) is 4.02. The lowest BCUT2D eigenvalue weighted by Gasteiger charge is -2.24. The van der Waals surface area contributed by atoms with Crippen molar-refractivity contribution in [3.63, 3.8) is 0 Å². The summed E-state index contributed by atoms with van der Waals surface area (Å²) in [7, 11) is 0. The standard InChI is InChI=1S/C16H17N3OS2/c1-21-14-4-2-13(3-5-14)18-16(20)19-10-11-22-15(19)12-6-8-17-9-7-12/h2-9,15H,10-11H2,1H3,(H,18,20). The van der Waals surface area contributed by atoms with E-state index in [4.69, 9.17) is 0 Å². The number of hydrogen-bond donors (Lipinski definition) is 1. The fraction of sp³-hybridized carbons (Fsp3) is 0.250. The summed E-state index contributed by atoms with van der Waals surface area (Å²) in [4.78, 5) is 19.6. The lowest BCUT2D eigenvalue weighted by atomic mass is 10.2. The van der Waals surface area contributed by atoms with Crippen molar-refractivity contribution >= 4 is 35.2 Å². The van der Waals surface area contributed by atoms with Crippen LogP contribution in [0.4, 0.5) is 10.5 Å². The molecule has 114 valence electrons. The minimum atomic E-state index is -0.0521. The first kappa shape index (κ1) is 15.2. The molecular weight excluding hydrogens is 314 g/mol. The van der Waals surface area contributed by atoms with Crippen LogP contribution in [0.5, 0.6) is 0 Å². The monoisotopic (exact) mass is 331 g/mol. The van der Waals surface area contributed by atoms with E-state index in [1.807, 2.05) is 47.6 Å². The van der Waals surface area contributed by atoms with Crippen LogP contribution in [0.3, 0.4) is 0 Å². The molecule has 2 aromatic rings. The van der Waals surface area contributed by atoms with Crippen LogP contribution in [0.25, 0.3) is 0 Å². The van der Waals surface area contributed by atoms with E-state index in [0.717, 1.165) is 23.5 Å². The predicted molar refractivity (Wildman–Crippen MR) is 93.4 cm³/mol. The smallest absolute Gasteiger partial charge is 0.308 e. The second kappa shape index (κ2) is 7.07. The maximum atomic E-state index is 12.5. The molecule has 1 fully saturated rings. The van der Waals surface area contributed by atoms with E-state index in [2.05, 4.69) is 10.3 Å². The van der Waals surface area contributed by atoms with Gasteiger partial charge in [0, 0.05) is 35.3 Å². The Morgan fingerprint density at radius 1 is 1.27 bits per heavy atom. The van der Waals surface area contributed by atoms with E-state index >= 15 is 0 Å². The molecule has 0 spiro atoms. The Morgan fingerprint density at radius 2 is 2.00 bits per heavy atom. The third kappa shape index (κ3) is 3.39. The average Bonchev–Trinajstić information content (AvgIpc) is 3.06. The van der Waals surface area contributed by atoms with Gasteiger partial charge in [-0.2, -0.15) is 0 Å². The number of rotatable bonds is 3. The normalized spacial score (nSPS) is 17.5. The first-order valence-electron chi connectivity index (χ1n) is 7.01. The number of anilines is 1. The number of nitrogens with one attached hydrogen (secondary N) is 1. The minimum Gasteiger partial charge on any atom is -0.308 e. The van der Waals surface area contributed by atoms with Crippen LogP contribution in [-0.2, 0) is 0 Å². The van der Waals surface area contributed by atoms with E-state index in [1.54, 1.807) is 35.9 Å². The highest BCUT2D eigenvalue weighted by Gasteiger charge is 2.30. The van der Waals surface area contributed by atoms with E-state index in [9.17, 15) is 4.79 Å². The molecule has 0 bridgehead atoms. The highest BCUT2D eigenvalue weighted by atomic mass is 32.2. The summed E-state index contributed by atoms with van der Waals surface area (Å²) in [5.74, 6) is 0.950. The number of carbonyl (C=O) groups excluding carboxylic acids is 1. The van der Waals surface area contributed by atoms with E-state index < -0.39 is 0 Å². The van der Waals surface area contributed by atoms with Gasteiger partial charge in [0.2, 0.25) is 0 Å². The van der Waals surface area contributed by atoms with Crippen molar-refractivity contribution in [3.8, 4) is 0 Å². The Kier molecular flexibility index (Phi) is 4.90. The molecule has 4 nitrogen and oxygen atoms in total. The predicted octanol–water partition coefficient (Wildman–Crippen LogP) is 4.08. The minimum absolute atomic E-state index is 0.0521. The molecule has 0 aliphatic carbocycles. The maximum Gasteiger partial charge on any atom is 0.323 e. The van der Waals surface area contributed by atoms with Gasteiger partial charge >= 0.3 is 6.03 Å². The van der Waals surface area contributed by atoms with Crippen LogP contribution >= 0.6 is 23.5 Å². The largest absolute Gasteiger partial charge is 0.323 e. The van der Waals surface area contributed by atoms with Crippen LogP contribution in [0.1, 0.15) is 10.9 Å². The summed E-state index contributed by atoms with van der Waals surface area (Å²) in [6.07, 6.45) is 5.57. The number of benzene rings is 1.